The fourth-order valence-electron chi connectivity index (χ4n) is 1.90. The van der Waals surface area contributed by atoms with Crippen molar-refractivity contribution in [2.24, 2.45) is 0 Å². The van der Waals surface area contributed by atoms with Crippen molar-refractivity contribution in [2.75, 3.05) is 5.73 Å². The highest BCUT2D eigenvalue weighted by atomic mass is 35.5. The molecule has 0 fully saturated rings. The van der Waals surface area contributed by atoms with E-state index >= 15 is 0 Å². The molecule has 2 N–H and O–H groups in total. The summed E-state index contributed by atoms with van der Waals surface area (Å²) in [6.07, 6.45) is 0. The van der Waals surface area contributed by atoms with E-state index in [0.717, 1.165) is 22.3 Å². The Morgan fingerprint density at radius 3 is 2.06 bits per heavy atom. The Labute approximate surface area is 111 Å². The van der Waals surface area contributed by atoms with Gasteiger partial charge in [0.25, 0.3) is 0 Å². The molecule has 2 rings (SSSR count). The zero-order valence-electron chi connectivity index (χ0n) is 9.72. The molecule has 0 atom stereocenters. The van der Waals surface area contributed by atoms with Gasteiger partial charge in [-0.15, -0.1) is 0 Å². The molecule has 0 heterocycles. The lowest BCUT2D eigenvalue weighted by Crippen LogP contribution is -1.98. The molecule has 88 valence electrons. The number of benzene rings is 2. The Hall–Kier alpha value is -1.18. The van der Waals surface area contributed by atoms with Crippen molar-refractivity contribution in [1.29, 1.82) is 0 Å². The van der Waals surface area contributed by atoms with Crippen molar-refractivity contribution in [2.45, 2.75) is 13.8 Å². The molecule has 0 saturated carbocycles. The minimum atomic E-state index is 0.548. The molecule has 0 saturated heterocycles. The molecule has 0 aromatic heterocycles. The van der Waals surface area contributed by atoms with E-state index in [9.17, 15) is 0 Å². The van der Waals surface area contributed by atoms with E-state index in [4.69, 9.17) is 28.9 Å². The van der Waals surface area contributed by atoms with Gasteiger partial charge in [0.1, 0.15) is 0 Å². The Bertz CT molecular complexity index is 533. The van der Waals surface area contributed by atoms with Crippen LogP contribution in [0.3, 0.4) is 0 Å². The van der Waals surface area contributed by atoms with Crippen LogP contribution < -0.4 is 5.73 Å². The second-order valence-electron chi connectivity index (χ2n) is 4.03. The van der Waals surface area contributed by atoms with Crippen LogP contribution >= 0.6 is 23.2 Å². The minimum absolute atomic E-state index is 0.548. The predicted molar refractivity (Wildman–Crippen MR) is 75.8 cm³/mol. The summed E-state index contributed by atoms with van der Waals surface area (Å²) in [4.78, 5) is 0. The summed E-state index contributed by atoms with van der Waals surface area (Å²) in [5.41, 5.74) is 10.4. The summed E-state index contributed by atoms with van der Waals surface area (Å²) in [6.45, 7) is 3.82. The topological polar surface area (TPSA) is 26.0 Å². The molecule has 17 heavy (non-hydrogen) atoms. The number of hydrogen-bond donors (Lipinski definition) is 1. The molecule has 0 unspecified atom stereocenters. The Kier molecular flexibility index (Phi) is 3.32. The molecule has 1 nitrogen and oxygen atoms in total. The Morgan fingerprint density at radius 1 is 0.882 bits per heavy atom. The van der Waals surface area contributed by atoms with Gasteiger partial charge >= 0.3 is 0 Å². The lowest BCUT2D eigenvalue weighted by Gasteiger charge is -2.15. The average Bonchev–Trinajstić information content (AvgIpc) is 2.36. The standard InChI is InChI=1S/C14H13Cl2N/c1-8-11(10-6-4-3-5-7-10)12(15)9(2)13(16)14(8)17/h3-7H,17H2,1-2H3. The smallest absolute Gasteiger partial charge is 0.0682 e. The zero-order chi connectivity index (χ0) is 12.6. The van der Waals surface area contributed by atoms with Crippen LogP contribution in [0.2, 0.25) is 10.0 Å². The number of rotatable bonds is 1. The molecule has 3 heteroatoms. The minimum Gasteiger partial charge on any atom is -0.397 e. The summed E-state index contributed by atoms with van der Waals surface area (Å²) >= 11 is 12.5. The van der Waals surface area contributed by atoms with Gasteiger partial charge in [-0.1, -0.05) is 53.5 Å². The van der Waals surface area contributed by atoms with Crippen molar-refractivity contribution < 1.29 is 0 Å². The van der Waals surface area contributed by atoms with E-state index < -0.39 is 0 Å². The van der Waals surface area contributed by atoms with Gasteiger partial charge in [-0.2, -0.15) is 0 Å². The van der Waals surface area contributed by atoms with Gasteiger partial charge in [0, 0.05) is 5.56 Å². The van der Waals surface area contributed by atoms with E-state index in [1.54, 1.807) is 0 Å². The van der Waals surface area contributed by atoms with Gasteiger partial charge in [0.2, 0.25) is 0 Å². The average molecular weight is 266 g/mol. The maximum Gasteiger partial charge on any atom is 0.0682 e. The van der Waals surface area contributed by atoms with Gasteiger partial charge < -0.3 is 5.73 Å². The monoisotopic (exact) mass is 265 g/mol. The third-order valence-corrected chi connectivity index (χ3v) is 3.92. The summed E-state index contributed by atoms with van der Waals surface area (Å²) in [7, 11) is 0. The van der Waals surface area contributed by atoms with Crippen LogP contribution in [-0.4, -0.2) is 0 Å². The first-order chi connectivity index (χ1) is 8.04. The van der Waals surface area contributed by atoms with Crippen molar-refractivity contribution in [3.8, 4) is 11.1 Å². The van der Waals surface area contributed by atoms with Crippen LogP contribution in [0.4, 0.5) is 5.69 Å². The van der Waals surface area contributed by atoms with E-state index in [2.05, 4.69) is 0 Å². The molecule has 0 radical (unpaired) electrons. The van der Waals surface area contributed by atoms with Crippen LogP contribution in [0.25, 0.3) is 11.1 Å². The lowest BCUT2D eigenvalue weighted by molar-refractivity contribution is 1.39. The molecule has 0 aliphatic heterocycles. The second-order valence-corrected chi connectivity index (χ2v) is 4.79. The highest BCUT2D eigenvalue weighted by molar-refractivity contribution is 6.39. The van der Waals surface area contributed by atoms with Crippen LogP contribution in [0.15, 0.2) is 30.3 Å². The summed E-state index contributed by atoms with van der Waals surface area (Å²) < 4.78 is 0. The highest BCUT2D eigenvalue weighted by Crippen LogP contribution is 2.41. The lowest BCUT2D eigenvalue weighted by atomic mass is 9.96. The van der Waals surface area contributed by atoms with Crippen LogP contribution in [0.5, 0.6) is 0 Å². The first kappa shape index (κ1) is 12.3. The summed E-state index contributed by atoms with van der Waals surface area (Å²) in [5, 5.41) is 1.22. The number of hydrogen-bond acceptors (Lipinski definition) is 1. The SMILES string of the molecule is Cc1c(Cl)c(N)c(C)c(-c2ccccc2)c1Cl. The molecule has 0 spiro atoms. The maximum atomic E-state index is 6.37. The van der Waals surface area contributed by atoms with Crippen molar-refractivity contribution in [3.63, 3.8) is 0 Å². The Morgan fingerprint density at radius 2 is 1.47 bits per heavy atom. The number of nitrogens with two attached hydrogens (primary N) is 1. The molecule has 0 aliphatic rings. The largest absolute Gasteiger partial charge is 0.397 e. The van der Waals surface area contributed by atoms with Crippen molar-refractivity contribution in [3.05, 3.63) is 51.5 Å². The molecule has 2 aromatic rings. The normalized spacial score (nSPS) is 10.6. The first-order valence-corrected chi connectivity index (χ1v) is 6.08. The number of nitrogen functional groups attached to an aromatic ring is 1. The van der Waals surface area contributed by atoms with Crippen LogP contribution in [-0.2, 0) is 0 Å². The molecule has 2 aromatic carbocycles. The number of anilines is 1. The van der Waals surface area contributed by atoms with Gasteiger partial charge in [-0.25, -0.2) is 0 Å². The summed E-state index contributed by atoms with van der Waals surface area (Å²) in [6, 6.07) is 9.96. The van der Waals surface area contributed by atoms with E-state index in [1.165, 1.54) is 0 Å². The molecular formula is C14H13Cl2N. The van der Waals surface area contributed by atoms with E-state index in [-0.39, 0.29) is 0 Å². The van der Waals surface area contributed by atoms with Gasteiger partial charge in [-0.3, -0.25) is 0 Å². The predicted octanol–water partition coefficient (Wildman–Crippen LogP) is 4.86. The van der Waals surface area contributed by atoms with Crippen molar-refractivity contribution >= 4 is 28.9 Å². The third-order valence-electron chi connectivity index (χ3n) is 2.96. The highest BCUT2D eigenvalue weighted by Gasteiger charge is 2.16. The molecular weight excluding hydrogens is 253 g/mol. The second kappa shape index (κ2) is 4.59. The zero-order valence-corrected chi connectivity index (χ0v) is 11.2. The maximum absolute atomic E-state index is 6.37. The molecule has 0 amide bonds. The third kappa shape index (κ3) is 2.01. The van der Waals surface area contributed by atoms with Gasteiger partial charge in [-0.05, 0) is 30.5 Å². The van der Waals surface area contributed by atoms with E-state index in [0.29, 0.717) is 15.7 Å². The summed E-state index contributed by atoms with van der Waals surface area (Å²) in [5.74, 6) is 0. The first-order valence-electron chi connectivity index (χ1n) is 5.33. The molecule has 0 bridgehead atoms. The van der Waals surface area contributed by atoms with E-state index in [1.807, 2.05) is 44.2 Å². The quantitative estimate of drug-likeness (QED) is 0.733. The Balaban J connectivity index is 2.80. The van der Waals surface area contributed by atoms with Crippen LogP contribution in [0, 0.1) is 13.8 Å². The van der Waals surface area contributed by atoms with Gasteiger partial charge in [0.05, 0.1) is 15.7 Å². The number of halogens is 2. The molecule has 0 aliphatic carbocycles. The van der Waals surface area contributed by atoms with Crippen LogP contribution in [0.1, 0.15) is 11.1 Å². The fraction of sp³-hybridized carbons (Fsp3) is 0.143. The van der Waals surface area contributed by atoms with Crippen molar-refractivity contribution in [1.82, 2.24) is 0 Å². The van der Waals surface area contributed by atoms with Gasteiger partial charge in [0.15, 0.2) is 0 Å². The fourth-order valence-corrected chi connectivity index (χ4v) is 2.53.